The summed E-state index contributed by atoms with van der Waals surface area (Å²) in [6.45, 7) is 12.4. The minimum atomic E-state index is -0.492. The number of phenols is 1. The molecule has 0 aliphatic rings. The molecule has 1 rings (SSSR count). The van der Waals surface area contributed by atoms with Gasteiger partial charge in [0.1, 0.15) is 5.75 Å². The maximum atomic E-state index is 12.1. The summed E-state index contributed by atoms with van der Waals surface area (Å²) < 4.78 is 5.59. The number of hydrogen-bond donors (Lipinski definition) is 1. The van der Waals surface area contributed by atoms with Gasteiger partial charge in [0, 0.05) is 5.92 Å². The second kappa shape index (κ2) is 7.85. The zero-order chi connectivity index (χ0) is 17.7. The second-order valence-electron chi connectivity index (χ2n) is 7.93. The highest BCUT2D eigenvalue weighted by atomic mass is 16.5. The number of aromatic hydroxyl groups is 1. The number of carbonyl (C=O) groups excluding carboxylic acids is 1. The van der Waals surface area contributed by atoms with Gasteiger partial charge in [-0.15, -0.1) is 0 Å². The maximum Gasteiger partial charge on any atom is 0.311 e. The topological polar surface area (TPSA) is 46.5 Å². The Morgan fingerprint density at radius 3 is 2.30 bits per heavy atom. The Morgan fingerprint density at radius 2 is 1.78 bits per heavy atom. The van der Waals surface area contributed by atoms with Gasteiger partial charge in [0.05, 0.1) is 12.0 Å². The summed E-state index contributed by atoms with van der Waals surface area (Å²) in [7, 11) is 0. The van der Waals surface area contributed by atoms with E-state index in [1.165, 1.54) is 0 Å². The lowest BCUT2D eigenvalue weighted by atomic mass is 9.71. The first-order chi connectivity index (χ1) is 10.6. The van der Waals surface area contributed by atoms with Gasteiger partial charge >= 0.3 is 5.97 Å². The molecule has 1 aromatic rings. The van der Waals surface area contributed by atoms with Crippen LogP contribution >= 0.6 is 0 Å². The van der Waals surface area contributed by atoms with E-state index in [2.05, 4.69) is 20.8 Å². The minimum absolute atomic E-state index is 0.169. The number of esters is 1. The summed E-state index contributed by atoms with van der Waals surface area (Å²) in [5, 5.41) is 10.2. The number of carbonyl (C=O) groups is 1. The van der Waals surface area contributed by atoms with Crippen LogP contribution in [-0.2, 0) is 14.9 Å². The summed E-state index contributed by atoms with van der Waals surface area (Å²) in [6.07, 6.45) is 3.14. The Morgan fingerprint density at radius 1 is 1.17 bits per heavy atom. The Labute approximate surface area is 141 Å². The monoisotopic (exact) mass is 320 g/mol. The highest BCUT2D eigenvalue weighted by molar-refractivity contribution is 5.75. The van der Waals surface area contributed by atoms with Gasteiger partial charge in [0.25, 0.3) is 0 Å². The first-order valence-electron chi connectivity index (χ1n) is 8.56. The number of hydrogen-bond acceptors (Lipinski definition) is 3. The molecule has 0 bridgehead atoms. The minimum Gasteiger partial charge on any atom is -0.508 e. The van der Waals surface area contributed by atoms with Crippen LogP contribution < -0.4 is 0 Å². The SMILES string of the molecule is CCCCC(COC(=O)C(C)(C)C)C(C)(C)c1ccccc1O. The van der Waals surface area contributed by atoms with Crippen LogP contribution in [0.25, 0.3) is 0 Å². The van der Waals surface area contributed by atoms with E-state index in [0.717, 1.165) is 24.8 Å². The van der Waals surface area contributed by atoms with Crippen molar-refractivity contribution in [2.75, 3.05) is 6.61 Å². The first kappa shape index (κ1) is 19.5. The van der Waals surface area contributed by atoms with E-state index in [-0.39, 0.29) is 17.3 Å². The van der Waals surface area contributed by atoms with E-state index < -0.39 is 5.41 Å². The lowest BCUT2D eigenvalue weighted by molar-refractivity contribution is -0.155. The van der Waals surface area contributed by atoms with Gasteiger partial charge in [-0.05, 0) is 44.2 Å². The molecule has 1 aromatic carbocycles. The average Bonchev–Trinajstić information content (AvgIpc) is 2.46. The van der Waals surface area contributed by atoms with Crippen LogP contribution in [0.15, 0.2) is 24.3 Å². The third-order valence-corrected chi connectivity index (χ3v) is 4.55. The molecule has 0 aliphatic carbocycles. The summed E-state index contributed by atoms with van der Waals surface area (Å²) in [5.41, 5.74) is 0.153. The van der Waals surface area contributed by atoms with Crippen molar-refractivity contribution in [3.63, 3.8) is 0 Å². The number of benzene rings is 1. The molecule has 3 heteroatoms. The fourth-order valence-corrected chi connectivity index (χ4v) is 2.73. The average molecular weight is 320 g/mol. The molecule has 0 heterocycles. The van der Waals surface area contributed by atoms with Crippen LogP contribution in [0.3, 0.4) is 0 Å². The van der Waals surface area contributed by atoms with Gasteiger partial charge in [0.2, 0.25) is 0 Å². The van der Waals surface area contributed by atoms with Gasteiger partial charge in [-0.1, -0.05) is 51.8 Å². The fraction of sp³-hybridized carbons (Fsp3) is 0.650. The summed E-state index contributed by atoms with van der Waals surface area (Å²) in [4.78, 5) is 12.1. The number of rotatable bonds is 7. The van der Waals surface area contributed by atoms with Gasteiger partial charge < -0.3 is 9.84 Å². The third kappa shape index (κ3) is 5.26. The molecule has 0 radical (unpaired) electrons. The van der Waals surface area contributed by atoms with E-state index >= 15 is 0 Å². The van der Waals surface area contributed by atoms with Crippen LogP contribution in [0, 0.1) is 11.3 Å². The Bertz CT molecular complexity index is 512. The van der Waals surface area contributed by atoms with E-state index in [4.69, 9.17) is 4.74 Å². The fourth-order valence-electron chi connectivity index (χ4n) is 2.73. The van der Waals surface area contributed by atoms with E-state index in [9.17, 15) is 9.90 Å². The molecule has 0 fully saturated rings. The van der Waals surface area contributed by atoms with E-state index in [1.54, 1.807) is 6.07 Å². The lowest BCUT2D eigenvalue weighted by Gasteiger charge is -2.35. The maximum absolute atomic E-state index is 12.1. The molecule has 0 saturated carbocycles. The molecule has 0 amide bonds. The van der Waals surface area contributed by atoms with E-state index in [0.29, 0.717) is 12.4 Å². The number of phenolic OH excluding ortho intramolecular Hbond substituents is 1. The Kier molecular flexibility index (Phi) is 6.67. The zero-order valence-electron chi connectivity index (χ0n) is 15.5. The number of unbranched alkanes of at least 4 members (excludes halogenated alkanes) is 1. The van der Waals surface area contributed by atoms with Crippen molar-refractivity contribution in [3.05, 3.63) is 29.8 Å². The van der Waals surface area contributed by atoms with Crippen molar-refractivity contribution >= 4 is 5.97 Å². The normalized spacial score (nSPS) is 13.7. The lowest BCUT2D eigenvalue weighted by Crippen LogP contribution is -2.35. The third-order valence-electron chi connectivity index (χ3n) is 4.55. The Balaban J connectivity index is 2.96. The van der Waals surface area contributed by atoms with Crippen LogP contribution in [0.5, 0.6) is 5.75 Å². The molecule has 130 valence electrons. The van der Waals surface area contributed by atoms with Gasteiger partial charge in [0.15, 0.2) is 0 Å². The molecule has 3 nitrogen and oxygen atoms in total. The molecular weight excluding hydrogens is 288 g/mol. The van der Waals surface area contributed by atoms with Gasteiger partial charge in [-0.25, -0.2) is 0 Å². The largest absolute Gasteiger partial charge is 0.508 e. The molecule has 0 saturated heterocycles. The Hall–Kier alpha value is -1.51. The first-order valence-corrected chi connectivity index (χ1v) is 8.56. The molecule has 1 unspecified atom stereocenters. The molecule has 0 spiro atoms. The van der Waals surface area contributed by atoms with Crippen molar-refractivity contribution in [3.8, 4) is 5.75 Å². The molecule has 0 aromatic heterocycles. The predicted molar refractivity (Wildman–Crippen MR) is 94.6 cm³/mol. The highest BCUT2D eigenvalue weighted by Gasteiger charge is 2.34. The number of para-hydroxylation sites is 1. The standard InChI is InChI=1S/C20H32O3/c1-7-8-11-15(14-23-18(22)19(2,3)4)20(5,6)16-12-9-10-13-17(16)21/h9-10,12-13,15,21H,7-8,11,14H2,1-6H3. The highest BCUT2D eigenvalue weighted by Crippen LogP contribution is 2.39. The molecule has 1 atom stereocenters. The molecule has 0 aliphatic heterocycles. The molecule has 23 heavy (non-hydrogen) atoms. The van der Waals surface area contributed by atoms with Crippen LogP contribution in [0.2, 0.25) is 0 Å². The van der Waals surface area contributed by atoms with E-state index in [1.807, 2.05) is 39.0 Å². The smallest absolute Gasteiger partial charge is 0.311 e. The predicted octanol–water partition coefficient (Wildman–Crippen LogP) is 5.07. The zero-order valence-corrected chi connectivity index (χ0v) is 15.5. The summed E-state index contributed by atoms with van der Waals surface area (Å²) in [5.74, 6) is 0.301. The van der Waals surface area contributed by atoms with Crippen molar-refractivity contribution < 1.29 is 14.6 Å². The second-order valence-corrected chi connectivity index (χ2v) is 7.93. The van der Waals surface area contributed by atoms with Crippen molar-refractivity contribution in [2.45, 2.75) is 66.2 Å². The number of ether oxygens (including phenoxy) is 1. The molecule has 1 N–H and O–H groups in total. The van der Waals surface area contributed by atoms with Crippen LogP contribution in [-0.4, -0.2) is 17.7 Å². The quantitative estimate of drug-likeness (QED) is 0.714. The van der Waals surface area contributed by atoms with Crippen molar-refractivity contribution in [1.29, 1.82) is 0 Å². The van der Waals surface area contributed by atoms with Crippen molar-refractivity contribution in [1.82, 2.24) is 0 Å². The summed E-state index contributed by atoms with van der Waals surface area (Å²) >= 11 is 0. The van der Waals surface area contributed by atoms with Gasteiger partial charge in [-0.3, -0.25) is 4.79 Å². The summed E-state index contributed by atoms with van der Waals surface area (Å²) in [6, 6.07) is 7.44. The van der Waals surface area contributed by atoms with Crippen LogP contribution in [0.4, 0.5) is 0 Å². The van der Waals surface area contributed by atoms with Gasteiger partial charge in [-0.2, -0.15) is 0 Å². The van der Waals surface area contributed by atoms with Crippen molar-refractivity contribution in [2.24, 2.45) is 11.3 Å². The van der Waals surface area contributed by atoms with Crippen LogP contribution in [0.1, 0.15) is 66.4 Å². The molecular formula is C20H32O3.